The van der Waals surface area contributed by atoms with E-state index < -0.39 is 11.9 Å². The maximum absolute atomic E-state index is 14.7. The molecule has 1 aliphatic rings. The molecule has 0 saturated carbocycles. The second-order valence-corrected chi connectivity index (χ2v) is 7.76. The maximum atomic E-state index is 14.7. The molecule has 1 atom stereocenters. The molecule has 4 rings (SSSR count). The van der Waals surface area contributed by atoms with Gasteiger partial charge in [0.1, 0.15) is 11.4 Å². The standard InChI is InChI=1S/C24H24FNO3/c1-4-5-8-11-26-20(16-9-6-7-10-18(16)25)19-21(27)17-13-14(2)12-15(3)22(17)29-23(19)24(26)28/h6-7,9-10,12-13,20H,4-5,8,11H2,1-3H3. The topological polar surface area (TPSA) is 50.5 Å². The molecule has 1 aromatic heterocycles. The zero-order valence-electron chi connectivity index (χ0n) is 16.9. The van der Waals surface area contributed by atoms with Crippen LogP contribution in [0.15, 0.2) is 45.6 Å². The Hall–Kier alpha value is -2.95. The molecule has 29 heavy (non-hydrogen) atoms. The van der Waals surface area contributed by atoms with E-state index in [2.05, 4.69) is 6.92 Å². The van der Waals surface area contributed by atoms with Crippen molar-refractivity contribution in [2.24, 2.45) is 0 Å². The molecule has 0 N–H and O–H groups in total. The highest BCUT2D eigenvalue weighted by Gasteiger charge is 2.43. The molecular formula is C24H24FNO3. The Balaban J connectivity index is 1.98. The molecule has 0 spiro atoms. The predicted molar refractivity (Wildman–Crippen MR) is 111 cm³/mol. The van der Waals surface area contributed by atoms with Crippen LogP contribution >= 0.6 is 0 Å². The summed E-state index contributed by atoms with van der Waals surface area (Å²) in [5.74, 6) is -0.735. The second-order valence-electron chi connectivity index (χ2n) is 7.76. The minimum Gasteiger partial charge on any atom is -0.450 e. The summed E-state index contributed by atoms with van der Waals surface area (Å²) in [6, 6.07) is 9.26. The second kappa shape index (κ2) is 7.47. The maximum Gasteiger partial charge on any atom is 0.290 e. The molecule has 0 saturated heterocycles. The highest BCUT2D eigenvalue weighted by molar-refractivity contribution is 5.99. The Bertz CT molecular complexity index is 1160. The van der Waals surface area contributed by atoms with Gasteiger partial charge in [-0.2, -0.15) is 0 Å². The van der Waals surface area contributed by atoms with Crippen LogP contribution in [-0.4, -0.2) is 17.4 Å². The van der Waals surface area contributed by atoms with Gasteiger partial charge in [-0.3, -0.25) is 9.59 Å². The average molecular weight is 393 g/mol. The average Bonchev–Trinajstić information content (AvgIpc) is 2.96. The van der Waals surface area contributed by atoms with Crippen molar-refractivity contribution in [3.63, 3.8) is 0 Å². The Morgan fingerprint density at radius 2 is 1.86 bits per heavy atom. The molecule has 1 amide bonds. The molecule has 4 nitrogen and oxygen atoms in total. The smallest absolute Gasteiger partial charge is 0.290 e. The highest BCUT2D eigenvalue weighted by atomic mass is 19.1. The fraction of sp³-hybridized carbons (Fsp3) is 0.333. The summed E-state index contributed by atoms with van der Waals surface area (Å²) in [5.41, 5.74) is 2.48. The number of nitrogens with zero attached hydrogens (tertiary/aromatic N) is 1. The SMILES string of the molecule is CCCCCN1C(=O)c2oc3c(C)cc(C)cc3c(=O)c2C1c1ccccc1F. The third-order valence-electron chi connectivity index (χ3n) is 5.60. The first-order valence-electron chi connectivity index (χ1n) is 10.1. The van der Waals surface area contributed by atoms with Gasteiger partial charge in [0, 0.05) is 12.1 Å². The Morgan fingerprint density at radius 1 is 1.10 bits per heavy atom. The van der Waals surface area contributed by atoms with Crippen molar-refractivity contribution < 1.29 is 13.6 Å². The van der Waals surface area contributed by atoms with Crippen LogP contribution in [0.25, 0.3) is 11.0 Å². The number of fused-ring (bicyclic) bond motifs is 2. The zero-order valence-corrected chi connectivity index (χ0v) is 16.9. The molecule has 2 heterocycles. The van der Waals surface area contributed by atoms with Gasteiger partial charge in [-0.05, 0) is 43.5 Å². The number of carbonyl (C=O) groups is 1. The number of aryl methyl sites for hydroxylation is 2. The summed E-state index contributed by atoms with van der Waals surface area (Å²) < 4.78 is 20.7. The number of hydrogen-bond acceptors (Lipinski definition) is 3. The van der Waals surface area contributed by atoms with Gasteiger partial charge < -0.3 is 9.32 Å². The van der Waals surface area contributed by atoms with E-state index in [0.29, 0.717) is 23.1 Å². The van der Waals surface area contributed by atoms with Gasteiger partial charge >= 0.3 is 0 Å². The van der Waals surface area contributed by atoms with Gasteiger partial charge in [-0.25, -0.2) is 4.39 Å². The minimum atomic E-state index is -0.767. The lowest BCUT2D eigenvalue weighted by atomic mass is 9.97. The van der Waals surface area contributed by atoms with Crippen LogP contribution in [-0.2, 0) is 0 Å². The predicted octanol–water partition coefficient (Wildman–Crippen LogP) is 5.28. The van der Waals surface area contributed by atoms with Gasteiger partial charge in [0.25, 0.3) is 5.91 Å². The summed E-state index contributed by atoms with van der Waals surface area (Å²) >= 11 is 0. The molecular weight excluding hydrogens is 369 g/mol. The lowest BCUT2D eigenvalue weighted by molar-refractivity contribution is 0.0723. The zero-order chi connectivity index (χ0) is 20.7. The van der Waals surface area contributed by atoms with Gasteiger partial charge in [-0.1, -0.05) is 44.0 Å². The lowest BCUT2D eigenvalue weighted by Gasteiger charge is -2.25. The number of unbranched alkanes of at least 4 members (excludes halogenated alkanes) is 2. The molecule has 0 aliphatic carbocycles. The fourth-order valence-corrected chi connectivity index (χ4v) is 4.26. The normalized spacial score (nSPS) is 15.9. The largest absolute Gasteiger partial charge is 0.450 e. The van der Waals surface area contributed by atoms with E-state index in [1.165, 1.54) is 6.07 Å². The fourth-order valence-electron chi connectivity index (χ4n) is 4.26. The Kier molecular flexibility index (Phi) is 4.99. The Labute approximate surface area is 169 Å². The molecule has 2 aromatic carbocycles. The van der Waals surface area contributed by atoms with E-state index in [4.69, 9.17) is 4.42 Å². The summed E-state index contributed by atoms with van der Waals surface area (Å²) in [5, 5.41) is 0.436. The third kappa shape index (κ3) is 3.15. The number of benzene rings is 2. The van der Waals surface area contributed by atoms with Crippen LogP contribution in [0.5, 0.6) is 0 Å². The van der Waals surface area contributed by atoms with Gasteiger partial charge in [0.15, 0.2) is 5.43 Å². The number of hydrogen-bond donors (Lipinski definition) is 0. The summed E-state index contributed by atoms with van der Waals surface area (Å²) in [6.45, 7) is 6.30. The van der Waals surface area contributed by atoms with E-state index in [1.54, 1.807) is 29.2 Å². The van der Waals surface area contributed by atoms with E-state index in [-0.39, 0.29) is 22.7 Å². The number of amides is 1. The molecule has 0 radical (unpaired) electrons. The van der Waals surface area contributed by atoms with Gasteiger partial charge in [-0.15, -0.1) is 0 Å². The number of carbonyl (C=O) groups excluding carboxylic acids is 1. The van der Waals surface area contributed by atoms with Crippen molar-refractivity contribution in [2.75, 3.05) is 6.54 Å². The van der Waals surface area contributed by atoms with Crippen molar-refractivity contribution in [3.8, 4) is 0 Å². The molecule has 1 aliphatic heterocycles. The van der Waals surface area contributed by atoms with Crippen molar-refractivity contribution in [3.05, 3.63) is 80.5 Å². The van der Waals surface area contributed by atoms with Crippen molar-refractivity contribution in [1.29, 1.82) is 0 Å². The molecule has 5 heteroatoms. The van der Waals surface area contributed by atoms with Crippen LogP contribution < -0.4 is 5.43 Å². The van der Waals surface area contributed by atoms with Gasteiger partial charge in [0.05, 0.1) is 17.0 Å². The highest BCUT2D eigenvalue weighted by Crippen LogP contribution is 2.39. The monoisotopic (exact) mass is 393 g/mol. The third-order valence-corrected chi connectivity index (χ3v) is 5.60. The quantitative estimate of drug-likeness (QED) is 0.554. The van der Waals surface area contributed by atoms with Crippen molar-refractivity contribution in [1.82, 2.24) is 4.90 Å². The Morgan fingerprint density at radius 3 is 2.59 bits per heavy atom. The van der Waals surface area contributed by atoms with Gasteiger partial charge in [0.2, 0.25) is 5.76 Å². The van der Waals surface area contributed by atoms with Crippen LogP contribution in [0.1, 0.15) is 65.0 Å². The summed E-state index contributed by atoms with van der Waals surface area (Å²) in [4.78, 5) is 28.3. The first-order valence-corrected chi connectivity index (χ1v) is 10.1. The molecule has 0 bridgehead atoms. The first kappa shape index (κ1) is 19.4. The molecule has 1 unspecified atom stereocenters. The van der Waals surface area contributed by atoms with Crippen molar-refractivity contribution in [2.45, 2.75) is 46.1 Å². The molecule has 3 aromatic rings. The van der Waals surface area contributed by atoms with Crippen molar-refractivity contribution >= 4 is 16.9 Å². The van der Waals surface area contributed by atoms with Crippen LogP contribution in [0.4, 0.5) is 4.39 Å². The molecule has 150 valence electrons. The van der Waals surface area contributed by atoms with Crippen LogP contribution in [0.2, 0.25) is 0 Å². The lowest BCUT2D eigenvalue weighted by Crippen LogP contribution is -2.31. The van der Waals surface area contributed by atoms with E-state index in [0.717, 1.165) is 30.4 Å². The van der Waals surface area contributed by atoms with Crippen LogP contribution in [0.3, 0.4) is 0 Å². The summed E-state index contributed by atoms with van der Waals surface area (Å²) in [6.07, 6.45) is 2.73. The summed E-state index contributed by atoms with van der Waals surface area (Å²) in [7, 11) is 0. The minimum absolute atomic E-state index is 0.0409. The van der Waals surface area contributed by atoms with E-state index >= 15 is 0 Å². The number of halogens is 1. The first-order chi connectivity index (χ1) is 13.9. The van der Waals surface area contributed by atoms with Crippen LogP contribution in [0, 0.1) is 19.7 Å². The van der Waals surface area contributed by atoms with E-state index in [1.807, 2.05) is 19.9 Å². The van der Waals surface area contributed by atoms with E-state index in [9.17, 15) is 14.0 Å². The number of rotatable bonds is 5. The molecule has 0 fully saturated rings.